The highest BCUT2D eigenvalue weighted by atomic mass is 79.9. The largest absolute Gasteiger partial charge is 0.393 e. The van der Waals surface area contributed by atoms with E-state index in [9.17, 15) is 5.11 Å². The summed E-state index contributed by atoms with van der Waals surface area (Å²) in [5, 5.41) is 10.0. The van der Waals surface area contributed by atoms with Gasteiger partial charge < -0.3 is 5.11 Å². The van der Waals surface area contributed by atoms with Gasteiger partial charge in [0.15, 0.2) is 0 Å². The number of rotatable bonds is 3. The lowest BCUT2D eigenvalue weighted by Crippen LogP contribution is -2.30. The topological polar surface area (TPSA) is 20.2 Å². The first kappa shape index (κ1) is 12.6. The van der Waals surface area contributed by atoms with E-state index in [0.29, 0.717) is 5.92 Å². The summed E-state index contributed by atoms with van der Waals surface area (Å²) in [5.41, 5.74) is 0. The van der Waals surface area contributed by atoms with Gasteiger partial charge in [0.1, 0.15) is 0 Å². The zero-order valence-electron chi connectivity index (χ0n) is 9.66. The van der Waals surface area contributed by atoms with Crippen LogP contribution in [0, 0.1) is 11.8 Å². The first-order valence-corrected chi connectivity index (χ1v) is 7.72. The van der Waals surface area contributed by atoms with Crippen LogP contribution in [0.1, 0.15) is 37.5 Å². The second-order valence-corrected chi connectivity index (χ2v) is 7.37. The van der Waals surface area contributed by atoms with Gasteiger partial charge in [0.05, 0.1) is 9.89 Å². The Morgan fingerprint density at radius 3 is 2.88 bits per heavy atom. The Bertz CT molecular complexity index is 336. The summed E-state index contributed by atoms with van der Waals surface area (Å²) in [6.45, 7) is 2.27. The zero-order valence-corrected chi connectivity index (χ0v) is 12.1. The molecule has 0 bridgehead atoms. The number of hydrogen-bond donors (Lipinski definition) is 1. The highest BCUT2D eigenvalue weighted by Crippen LogP contribution is 2.35. The Balaban J connectivity index is 1.96. The van der Waals surface area contributed by atoms with Crippen molar-refractivity contribution in [2.24, 2.45) is 11.8 Å². The smallest absolute Gasteiger partial charge is 0.0701 e. The van der Waals surface area contributed by atoms with Gasteiger partial charge in [-0.2, -0.15) is 0 Å². The molecule has 3 atom stereocenters. The van der Waals surface area contributed by atoms with E-state index in [0.717, 1.165) is 18.8 Å². The van der Waals surface area contributed by atoms with E-state index in [4.69, 9.17) is 0 Å². The normalized spacial score (nSPS) is 30.6. The Morgan fingerprint density at radius 1 is 1.44 bits per heavy atom. The predicted molar refractivity (Wildman–Crippen MR) is 72.9 cm³/mol. The second-order valence-electron chi connectivity index (χ2n) is 4.82. The molecule has 90 valence electrons. The first-order chi connectivity index (χ1) is 7.69. The van der Waals surface area contributed by atoms with Gasteiger partial charge in [0, 0.05) is 4.88 Å². The lowest BCUT2D eigenvalue weighted by molar-refractivity contribution is 0.0479. The van der Waals surface area contributed by atoms with Crippen LogP contribution in [0.2, 0.25) is 0 Å². The summed E-state index contributed by atoms with van der Waals surface area (Å²) >= 11 is 5.29. The molecule has 3 unspecified atom stereocenters. The van der Waals surface area contributed by atoms with E-state index in [-0.39, 0.29) is 6.10 Å². The molecule has 0 aromatic carbocycles. The average Bonchev–Trinajstić information content (AvgIpc) is 2.67. The highest BCUT2D eigenvalue weighted by Gasteiger charge is 2.28. The molecular weight excluding hydrogens is 284 g/mol. The molecule has 16 heavy (non-hydrogen) atoms. The molecule has 1 aromatic rings. The Hall–Kier alpha value is 0.140. The molecule has 1 N–H and O–H groups in total. The van der Waals surface area contributed by atoms with Crippen LogP contribution >= 0.6 is 27.3 Å². The monoisotopic (exact) mass is 302 g/mol. The van der Waals surface area contributed by atoms with Gasteiger partial charge in [0.25, 0.3) is 0 Å². The standard InChI is InChI=1S/C13H19BrOS/c1-2-9-3-5-12(15)10(7-9)8-11-4-6-13(14)16-11/h4,6,9-10,12,15H,2-3,5,7-8H2,1H3. The van der Waals surface area contributed by atoms with Gasteiger partial charge in [-0.3, -0.25) is 0 Å². The molecule has 1 nitrogen and oxygen atoms in total. The maximum atomic E-state index is 10.0. The summed E-state index contributed by atoms with van der Waals surface area (Å²) < 4.78 is 1.19. The third-order valence-electron chi connectivity index (χ3n) is 3.72. The van der Waals surface area contributed by atoms with Gasteiger partial charge >= 0.3 is 0 Å². The third-order valence-corrected chi connectivity index (χ3v) is 5.37. The molecule has 0 spiro atoms. The molecular formula is C13H19BrOS. The van der Waals surface area contributed by atoms with Gasteiger partial charge in [-0.05, 0) is 65.6 Å². The minimum atomic E-state index is -0.0799. The molecule has 0 saturated heterocycles. The van der Waals surface area contributed by atoms with Crippen molar-refractivity contribution in [2.75, 3.05) is 0 Å². The Morgan fingerprint density at radius 2 is 2.25 bits per heavy atom. The van der Waals surface area contributed by atoms with E-state index in [2.05, 4.69) is 35.0 Å². The van der Waals surface area contributed by atoms with Crippen molar-refractivity contribution in [1.29, 1.82) is 0 Å². The molecule has 1 aliphatic carbocycles. The maximum absolute atomic E-state index is 10.0. The van der Waals surface area contributed by atoms with Gasteiger partial charge in [-0.1, -0.05) is 13.3 Å². The van der Waals surface area contributed by atoms with Crippen molar-refractivity contribution in [3.8, 4) is 0 Å². The van der Waals surface area contributed by atoms with Crippen LogP contribution in [-0.2, 0) is 6.42 Å². The van der Waals surface area contributed by atoms with E-state index in [1.807, 2.05) is 0 Å². The summed E-state index contributed by atoms with van der Waals surface area (Å²) in [6.07, 6.45) is 5.64. The SMILES string of the molecule is CCC1CCC(O)C(Cc2ccc(Br)s2)C1. The minimum absolute atomic E-state index is 0.0799. The van der Waals surface area contributed by atoms with Crippen molar-refractivity contribution in [1.82, 2.24) is 0 Å². The molecule has 3 heteroatoms. The molecule has 0 radical (unpaired) electrons. The fraction of sp³-hybridized carbons (Fsp3) is 0.692. The first-order valence-electron chi connectivity index (χ1n) is 6.11. The van der Waals surface area contributed by atoms with Gasteiger partial charge in [-0.25, -0.2) is 0 Å². The van der Waals surface area contributed by atoms with E-state index in [1.54, 1.807) is 11.3 Å². The number of aliphatic hydroxyl groups is 1. The van der Waals surface area contributed by atoms with Crippen molar-refractivity contribution in [3.05, 3.63) is 20.8 Å². The lowest BCUT2D eigenvalue weighted by Gasteiger charge is -2.32. The molecule has 1 saturated carbocycles. The molecule has 1 heterocycles. The van der Waals surface area contributed by atoms with Crippen LogP contribution in [0.5, 0.6) is 0 Å². The van der Waals surface area contributed by atoms with Crippen LogP contribution in [0.4, 0.5) is 0 Å². The van der Waals surface area contributed by atoms with E-state index >= 15 is 0 Å². The maximum Gasteiger partial charge on any atom is 0.0701 e. The van der Waals surface area contributed by atoms with Crippen molar-refractivity contribution in [2.45, 2.75) is 45.1 Å². The molecule has 0 aliphatic heterocycles. The predicted octanol–water partition coefficient (Wildman–Crippen LogP) is 4.24. The Kier molecular flexibility index (Phi) is 4.45. The summed E-state index contributed by atoms with van der Waals surface area (Å²) in [6, 6.07) is 4.28. The molecule has 1 aliphatic rings. The van der Waals surface area contributed by atoms with Crippen molar-refractivity contribution < 1.29 is 5.11 Å². The average molecular weight is 303 g/mol. The molecule has 0 amide bonds. The summed E-state index contributed by atoms with van der Waals surface area (Å²) in [4.78, 5) is 1.40. The van der Waals surface area contributed by atoms with Crippen molar-refractivity contribution in [3.63, 3.8) is 0 Å². The van der Waals surface area contributed by atoms with Crippen LogP contribution in [0.15, 0.2) is 15.9 Å². The number of aliphatic hydroxyl groups excluding tert-OH is 1. The highest BCUT2D eigenvalue weighted by molar-refractivity contribution is 9.11. The summed E-state index contributed by atoms with van der Waals surface area (Å²) in [7, 11) is 0. The third kappa shape index (κ3) is 3.08. The van der Waals surface area contributed by atoms with Crippen molar-refractivity contribution >= 4 is 27.3 Å². The number of hydrogen-bond acceptors (Lipinski definition) is 2. The second kappa shape index (κ2) is 5.65. The van der Waals surface area contributed by atoms with Crippen LogP contribution in [0.3, 0.4) is 0 Å². The van der Waals surface area contributed by atoms with Gasteiger partial charge in [-0.15, -0.1) is 11.3 Å². The quantitative estimate of drug-likeness (QED) is 0.885. The molecule has 1 aromatic heterocycles. The molecule has 1 fully saturated rings. The van der Waals surface area contributed by atoms with E-state index < -0.39 is 0 Å². The van der Waals surface area contributed by atoms with Crippen LogP contribution in [-0.4, -0.2) is 11.2 Å². The fourth-order valence-corrected chi connectivity index (χ4v) is 4.23. The fourth-order valence-electron chi connectivity index (χ4n) is 2.66. The summed E-state index contributed by atoms with van der Waals surface area (Å²) in [5.74, 6) is 1.31. The van der Waals surface area contributed by atoms with E-state index in [1.165, 1.54) is 27.9 Å². The number of thiophene rings is 1. The zero-order chi connectivity index (χ0) is 11.5. The lowest BCUT2D eigenvalue weighted by atomic mass is 9.77. The van der Waals surface area contributed by atoms with Gasteiger partial charge in [0.2, 0.25) is 0 Å². The van der Waals surface area contributed by atoms with Crippen LogP contribution < -0.4 is 0 Å². The Labute approximate surface area is 110 Å². The van der Waals surface area contributed by atoms with Crippen LogP contribution in [0.25, 0.3) is 0 Å². The minimum Gasteiger partial charge on any atom is -0.393 e. The molecule has 2 rings (SSSR count). The number of halogens is 1.